The van der Waals surface area contributed by atoms with Crippen molar-refractivity contribution in [3.8, 4) is 0 Å². The first-order valence-corrected chi connectivity index (χ1v) is 6.88. The summed E-state index contributed by atoms with van der Waals surface area (Å²) in [5, 5.41) is 0. The van der Waals surface area contributed by atoms with Gasteiger partial charge in [0.05, 0.1) is 0 Å². The van der Waals surface area contributed by atoms with Crippen LogP contribution in [0.4, 0.5) is 0 Å². The van der Waals surface area contributed by atoms with Crippen molar-refractivity contribution in [2.75, 3.05) is 19.6 Å². The van der Waals surface area contributed by atoms with E-state index in [0.29, 0.717) is 5.56 Å². The van der Waals surface area contributed by atoms with E-state index in [0.717, 1.165) is 29.8 Å². The van der Waals surface area contributed by atoms with Gasteiger partial charge < -0.3 is 9.88 Å². The van der Waals surface area contributed by atoms with E-state index in [1.54, 1.807) is 6.08 Å². The molecular weight excluding hydrogens is 236 g/mol. The number of hydrogen-bond acceptors (Lipinski definition) is 2. The Morgan fingerprint density at radius 1 is 1.47 bits per heavy atom. The molecule has 3 heteroatoms. The van der Waals surface area contributed by atoms with Crippen LogP contribution in [0.5, 0.6) is 0 Å². The van der Waals surface area contributed by atoms with Crippen LogP contribution < -0.4 is 5.56 Å². The lowest BCUT2D eigenvalue weighted by Crippen LogP contribution is -2.23. The zero-order chi connectivity index (χ0) is 13.8. The summed E-state index contributed by atoms with van der Waals surface area (Å²) >= 11 is 0. The molecule has 0 radical (unpaired) electrons. The van der Waals surface area contributed by atoms with Crippen LogP contribution in [-0.2, 0) is 6.42 Å². The van der Waals surface area contributed by atoms with Gasteiger partial charge in [0.1, 0.15) is 0 Å². The minimum absolute atomic E-state index is 0.0630. The average molecular weight is 258 g/mol. The Labute approximate surface area is 114 Å². The molecule has 2 rings (SSSR count). The van der Waals surface area contributed by atoms with E-state index in [9.17, 15) is 4.79 Å². The highest BCUT2D eigenvalue weighted by Crippen LogP contribution is 2.17. The Bertz CT molecular complexity index is 536. The van der Waals surface area contributed by atoms with E-state index in [4.69, 9.17) is 0 Å². The van der Waals surface area contributed by atoms with Gasteiger partial charge in [-0.15, -0.1) is 0 Å². The molecule has 0 aromatic carbocycles. The Kier molecular flexibility index (Phi) is 4.38. The zero-order valence-electron chi connectivity index (χ0n) is 11.7. The summed E-state index contributed by atoms with van der Waals surface area (Å²) in [7, 11) is 0. The summed E-state index contributed by atoms with van der Waals surface area (Å²) in [6, 6.07) is 2.04. The van der Waals surface area contributed by atoms with E-state index >= 15 is 0 Å². The molecule has 0 atom stereocenters. The fourth-order valence-electron chi connectivity index (χ4n) is 2.60. The molecule has 0 saturated carbocycles. The molecule has 102 valence electrons. The molecule has 1 N–H and O–H groups in total. The quantitative estimate of drug-likeness (QED) is 0.881. The third kappa shape index (κ3) is 3.24. The topological polar surface area (TPSA) is 36.1 Å². The lowest BCUT2D eigenvalue weighted by atomic mass is 10.0. The highest BCUT2D eigenvalue weighted by Gasteiger charge is 2.12. The predicted octanol–water partition coefficient (Wildman–Crippen LogP) is 2.69. The van der Waals surface area contributed by atoms with Crippen molar-refractivity contribution in [2.45, 2.75) is 26.2 Å². The summed E-state index contributed by atoms with van der Waals surface area (Å²) in [4.78, 5) is 17.4. The molecule has 1 aromatic rings. The molecule has 0 amide bonds. The fraction of sp³-hybridized carbons (Fsp3) is 0.438. The number of hydrogen-bond donors (Lipinski definition) is 1. The van der Waals surface area contributed by atoms with Crippen molar-refractivity contribution in [1.29, 1.82) is 0 Å². The van der Waals surface area contributed by atoms with Crippen molar-refractivity contribution in [3.05, 3.63) is 46.4 Å². The number of aromatic nitrogens is 1. The molecule has 1 aliphatic heterocycles. The second-order valence-electron chi connectivity index (χ2n) is 5.23. The van der Waals surface area contributed by atoms with E-state index in [-0.39, 0.29) is 5.56 Å². The van der Waals surface area contributed by atoms with Gasteiger partial charge in [-0.25, -0.2) is 0 Å². The molecule has 2 heterocycles. The van der Waals surface area contributed by atoms with Gasteiger partial charge in [0.15, 0.2) is 0 Å². The minimum atomic E-state index is -0.0630. The normalized spacial score (nSPS) is 15.6. The second kappa shape index (κ2) is 6.02. The molecule has 1 fully saturated rings. The molecule has 19 heavy (non-hydrogen) atoms. The van der Waals surface area contributed by atoms with Gasteiger partial charge in [0, 0.05) is 24.2 Å². The van der Waals surface area contributed by atoms with Crippen LogP contribution >= 0.6 is 0 Å². The van der Waals surface area contributed by atoms with Gasteiger partial charge in [-0.1, -0.05) is 24.8 Å². The number of aromatic amines is 1. The monoisotopic (exact) mass is 258 g/mol. The minimum Gasteiger partial charge on any atom is -0.326 e. The van der Waals surface area contributed by atoms with Crippen molar-refractivity contribution in [2.24, 2.45) is 0 Å². The Hall–Kier alpha value is -1.61. The maximum atomic E-state index is 12.0. The van der Waals surface area contributed by atoms with E-state index < -0.39 is 0 Å². The number of allylic oxidation sites excluding steroid dienone is 1. The first-order valence-electron chi connectivity index (χ1n) is 6.88. The maximum Gasteiger partial charge on any atom is 0.256 e. The number of nitrogens with one attached hydrogen (secondary N) is 1. The first kappa shape index (κ1) is 13.8. The molecule has 0 bridgehead atoms. The smallest absolute Gasteiger partial charge is 0.256 e. The van der Waals surface area contributed by atoms with Crippen LogP contribution in [-0.4, -0.2) is 29.5 Å². The number of likely N-dealkylation sites (tertiary alicyclic amines) is 1. The standard InChI is InChI=1S/C16H22N2O/c1-4-14-15(12(2)3)11-13(17-16(14)19)7-10-18-8-5-6-9-18/h4,11H,1-2,5-10H2,3H3,(H,17,19). The van der Waals surface area contributed by atoms with Crippen molar-refractivity contribution in [3.63, 3.8) is 0 Å². The molecule has 0 aliphatic carbocycles. The predicted molar refractivity (Wildman–Crippen MR) is 81.2 cm³/mol. The van der Waals surface area contributed by atoms with Crippen LogP contribution in [0.1, 0.15) is 36.6 Å². The summed E-state index contributed by atoms with van der Waals surface area (Å²) in [5.74, 6) is 0. The molecule has 0 unspecified atom stereocenters. The van der Waals surface area contributed by atoms with E-state index in [1.165, 1.54) is 25.9 Å². The average Bonchev–Trinajstić information content (AvgIpc) is 2.88. The van der Waals surface area contributed by atoms with Gasteiger partial charge >= 0.3 is 0 Å². The molecule has 1 saturated heterocycles. The summed E-state index contributed by atoms with van der Waals surface area (Å²) in [6.45, 7) is 12.9. The van der Waals surface area contributed by atoms with Crippen LogP contribution in [0.3, 0.4) is 0 Å². The molecular formula is C16H22N2O. The fourth-order valence-corrected chi connectivity index (χ4v) is 2.60. The Morgan fingerprint density at radius 2 is 2.16 bits per heavy atom. The van der Waals surface area contributed by atoms with Crippen LogP contribution in [0.15, 0.2) is 24.0 Å². The summed E-state index contributed by atoms with van der Waals surface area (Å²) in [5.41, 5.74) is 3.36. The van der Waals surface area contributed by atoms with E-state index in [2.05, 4.69) is 23.0 Å². The first-order chi connectivity index (χ1) is 9.11. The molecule has 0 spiro atoms. The van der Waals surface area contributed by atoms with Gasteiger partial charge in [0.2, 0.25) is 0 Å². The Balaban J connectivity index is 2.19. The third-order valence-corrected chi connectivity index (χ3v) is 3.69. The van der Waals surface area contributed by atoms with Crippen LogP contribution in [0.25, 0.3) is 11.6 Å². The number of pyridine rings is 1. The maximum absolute atomic E-state index is 12.0. The molecule has 1 aliphatic rings. The highest BCUT2D eigenvalue weighted by atomic mass is 16.1. The summed E-state index contributed by atoms with van der Waals surface area (Å²) in [6.07, 6.45) is 5.08. The number of nitrogens with zero attached hydrogens (tertiary/aromatic N) is 1. The Morgan fingerprint density at radius 3 is 2.74 bits per heavy atom. The van der Waals surface area contributed by atoms with Crippen LogP contribution in [0.2, 0.25) is 0 Å². The number of H-pyrrole nitrogens is 1. The van der Waals surface area contributed by atoms with Gasteiger partial charge in [0.25, 0.3) is 5.56 Å². The van der Waals surface area contributed by atoms with Crippen molar-refractivity contribution < 1.29 is 0 Å². The van der Waals surface area contributed by atoms with Gasteiger partial charge in [-0.2, -0.15) is 0 Å². The van der Waals surface area contributed by atoms with E-state index in [1.807, 2.05) is 13.0 Å². The number of rotatable bonds is 5. The third-order valence-electron chi connectivity index (χ3n) is 3.69. The van der Waals surface area contributed by atoms with Gasteiger partial charge in [-0.05, 0) is 44.5 Å². The lowest BCUT2D eigenvalue weighted by molar-refractivity contribution is 0.342. The molecule has 3 nitrogen and oxygen atoms in total. The largest absolute Gasteiger partial charge is 0.326 e. The van der Waals surface area contributed by atoms with Crippen molar-refractivity contribution in [1.82, 2.24) is 9.88 Å². The molecule has 1 aromatic heterocycles. The highest BCUT2D eigenvalue weighted by molar-refractivity contribution is 5.71. The van der Waals surface area contributed by atoms with Crippen LogP contribution in [0, 0.1) is 0 Å². The zero-order valence-corrected chi connectivity index (χ0v) is 11.7. The van der Waals surface area contributed by atoms with Gasteiger partial charge in [-0.3, -0.25) is 4.79 Å². The SMILES string of the molecule is C=Cc1c(C(=C)C)cc(CCN2CCCC2)[nH]c1=O. The second-order valence-corrected chi connectivity index (χ2v) is 5.23. The lowest BCUT2D eigenvalue weighted by Gasteiger charge is -2.15. The summed E-state index contributed by atoms with van der Waals surface area (Å²) < 4.78 is 0. The van der Waals surface area contributed by atoms with Crippen molar-refractivity contribution >= 4 is 11.6 Å².